The van der Waals surface area contributed by atoms with Gasteiger partial charge in [0.15, 0.2) is 5.82 Å². The molecule has 1 atom stereocenters. The Labute approximate surface area is 182 Å². The molecule has 0 radical (unpaired) electrons. The van der Waals surface area contributed by atoms with Gasteiger partial charge in [0.25, 0.3) is 0 Å². The summed E-state index contributed by atoms with van der Waals surface area (Å²) in [4.78, 5) is 8.86. The van der Waals surface area contributed by atoms with E-state index in [1.807, 2.05) is 26.0 Å². The van der Waals surface area contributed by atoms with Gasteiger partial charge in [0, 0.05) is 17.5 Å². The zero-order valence-electron chi connectivity index (χ0n) is 17.7. The molecule has 5 rings (SSSR count). The summed E-state index contributed by atoms with van der Waals surface area (Å²) in [5, 5.41) is 10.8. The minimum atomic E-state index is -3.68. The van der Waals surface area contributed by atoms with Gasteiger partial charge in [-0.2, -0.15) is 5.26 Å². The number of nitriles is 1. The molecule has 0 amide bonds. The van der Waals surface area contributed by atoms with Crippen LogP contribution in [-0.2, 0) is 10.0 Å². The Morgan fingerprint density at radius 3 is 2.48 bits per heavy atom. The third kappa shape index (κ3) is 3.52. The lowest BCUT2D eigenvalue weighted by molar-refractivity contribution is 0.323. The molecular formula is C23H25N5O2S. The highest BCUT2D eigenvalue weighted by molar-refractivity contribution is 7.89. The Kier molecular flexibility index (Phi) is 4.83. The van der Waals surface area contributed by atoms with Crippen molar-refractivity contribution in [2.45, 2.75) is 62.9 Å². The summed E-state index contributed by atoms with van der Waals surface area (Å²) >= 11 is 0. The Balaban J connectivity index is 1.59. The topological polar surface area (TPSA) is 101 Å². The molecule has 2 saturated carbocycles. The van der Waals surface area contributed by atoms with Crippen LogP contribution in [0, 0.1) is 24.2 Å². The van der Waals surface area contributed by atoms with E-state index in [2.05, 4.69) is 31.4 Å². The summed E-state index contributed by atoms with van der Waals surface area (Å²) in [6, 6.07) is 8.62. The predicted molar refractivity (Wildman–Crippen MR) is 118 cm³/mol. The first-order valence-electron chi connectivity index (χ1n) is 10.8. The number of fused-ring (bicyclic) bond motifs is 1. The highest BCUT2D eigenvalue weighted by atomic mass is 32.2. The van der Waals surface area contributed by atoms with Crippen LogP contribution in [0.1, 0.15) is 56.2 Å². The van der Waals surface area contributed by atoms with Crippen molar-refractivity contribution in [2.75, 3.05) is 0 Å². The number of sulfonamides is 1. The van der Waals surface area contributed by atoms with E-state index >= 15 is 0 Å². The first kappa shape index (κ1) is 20.2. The van der Waals surface area contributed by atoms with Crippen molar-refractivity contribution in [3.8, 4) is 17.6 Å². The number of nitrogens with one attached hydrogen (secondary N) is 1. The van der Waals surface area contributed by atoms with Crippen LogP contribution in [0.2, 0.25) is 0 Å². The van der Waals surface area contributed by atoms with Crippen LogP contribution in [0.15, 0.2) is 35.5 Å². The fraction of sp³-hybridized carbons (Fsp3) is 0.435. The zero-order chi connectivity index (χ0) is 21.8. The smallest absolute Gasteiger partial charge is 0.243 e. The highest BCUT2D eigenvalue weighted by Gasteiger charge is 2.32. The van der Waals surface area contributed by atoms with Crippen LogP contribution in [0.4, 0.5) is 0 Å². The predicted octanol–water partition coefficient (Wildman–Crippen LogP) is 4.08. The quantitative estimate of drug-likeness (QED) is 0.629. The summed E-state index contributed by atoms with van der Waals surface area (Å²) in [6.07, 6.45) is 8.05. The van der Waals surface area contributed by atoms with Gasteiger partial charge in [0.1, 0.15) is 16.7 Å². The Bertz CT molecular complexity index is 1300. The molecule has 8 heteroatoms. The Morgan fingerprint density at radius 2 is 1.90 bits per heavy atom. The van der Waals surface area contributed by atoms with Crippen molar-refractivity contribution in [1.82, 2.24) is 19.3 Å². The van der Waals surface area contributed by atoms with Gasteiger partial charge in [-0.05, 0) is 63.5 Å². The third-order valence-corrected chi connectivity index (χ3v) is 8.05. The summed E-state index contributed by atoms with van der Waals surface area (Å²) < 4.78 is 30.3. The maximum atomic E-state index is 12.7. The molecule has 2 heterocycles. The van der Waals surface area contributed by atoms with Gasteiger partial charge < -0.3 is 4.57 Å². The molecule has 0 saturated heterocycles. The van der Waals surface area contributed by atoms with E-state index in [9.17, 15) is 13.7 Å². The second-order valence-electron chi connectivity index (χ2n) is 8.80. The standard InChI is InChI=1S/C23H25N5O2S/c1-14-6-9-19-20(11-24)22(28(21(19)10-14)17-4-3-5-17)23-25-12-18(13-26-23)31(29,30)27-15(2)16-7-8-16/h6,9-10,12-13,15-17,27H,3-5,7-8H2,1-2H3/t15-/m0/s1. The number of benzene rings is 1. The van der Waals surface area contributed by atoms with Gasteiger partial charge >= 0.3 is 0 Å². The molecular weight excluding hydrogens is 410 g/mol. The number of aromatic nitrogens is 3. The lowest BCUT2D eigenvalue weighted by atomic mass is 9.92. The SMILES string of the molecule is Cc1ccc2c(C#N)c(-c3ncc(S(=O)(=O)N[C@@H](C)C4CC4)cn3)n(C3CCC3)c2c1. The number of hydrogen-bond donors (Lipinski definition) is 1. The zero-order valence-corrected chi connectivity index (χ0v) is 18.5. The minimum absolute atomic E-state index is 0.0457. The largest absolute Gasteiger partial charge is 0.334 e. The van der Waals surface area contributed by atoms with E-state index in [4.69, 9.17) is 0 Å². The van der Waals surface area contributed by atoms with E-state index in [-0.39, 0.29) is 10.9 Å². The molecule has 2 fully saturated rings. The lowest BCUT2D eigenvalue weighted by Gasteiger charge is -2.29. The van der Waals surface area contributed by atoms with Crippen molar-refractivity contribution >= 4 is 20.9 Å². The monoisotopic (exact) mass is 435 g/mol. The number of aryl methyl sites for hydroxylation is 1. The minimum Gasteiger partial charge on any atom is -0.334 e. The van der Waals surface area contributed by atoms with Crippen LogP contribution in [0.25, 0.3) is 22.4 Å². The van der Waals surface area contributed by atoms with Crippen molar-refractivity contribution in [2.24, 2.45) is 5.92 Å². The molecule has 160 valence electrons. The van der Waals surface area contributed by atoms with E-state index in [0.717, 1.165) is 48.6 Å². The molecule has 2 aromatic heterocycles. The van der Waals surface area contributed by atoms with E-state index in [0.29, 0.717) is 29.0 Å². The summed E-state index contributed by atoms with van der Waals surface area (Å²) in [7, 11) is -3.68. The molecule has 2 aliphatic carbocycles. The lowest BCUT2D eigenvalue weighted by Crippen LogP contribution is -2.34. The molecule has 7 nitrogen and oxygen atoms in total. The number of rotatable bonds is 6. The molecule has 1 aromatic carbocycles. The van der Waals surface area contributed by atoms with Gasteiger partial charge in [-0.3, -0.25) is 0 Å². The second-order valence-corrected chi connectivity index (χ2v) is 10.5. The highest BCUT2D eigenvalue weighted by Crippen LogP contribution is 2.42. The van der Waals surface area contributed by atoms with E-state index in [1.54, 1.807) is 0 Å². The Hall–Kier alpha value is -2.76. The normalized spacial score (nSPS) is 18.0. The fourth-order valence-corrected chi connectivity index (χ4v) is 5.56. The maximum absolute atomic E-state index is 12.7. The van der Waals surface area contributed by atoms with Crippen LogP contribution in [0.3, 0.4) is 0 Å². The summed E-state index contributed by atoms with van der Waals surface area (Å²) in [5.41, 5.74) is 3.35. The molecule has 0 aliphatic heterocycles. The number of nitrogens with zero attached hydrogens (tertiary/aromatic N) is 4. The van der Waals surface area contributed by atoms with Crippen LogP contribution < -0.4 is 4.72 Å². The molecule has 0 unspecified atom stereocenters. The van der Waals surface area contributed by atoms with Gasteiger partial charge in [0.05, 0.1) is 23.5 Å². The van der Waals surface area contributed by atoms with Crippen LogP contribution in [-0.4, -0.2) is 29.0 Å². The number of hydrogen-bond acceptors (Lipinski definition) is 5. The van der Waals surface area contributed by atoms with Gasteiger partial charge in [-0.1, -0.05) is 12.1 Å². The maximum Gasteiger partial charge on any atom is 0.243 e. The van der Waals surface area contributed by atoms with E-state index < -0.39 is 10.0 Å². The first-order chi connectivity index (χ1) is 14.9. The van der Waals surface area contributed by atoms with Gasteiger partial charge in [-0.25, -0.2) is 23.1 Å². The summed E-state index contributed by atoms with van der Waals surface area (Å²) in [5.74, 6) is 0.793. The molecule has 2 aliphatic rings. The molecule has 31 heavy (non-hydrogen) atoms. The van der Waals surface area contributed by atoms with Crippen molar-refractivity contribution in [3.05, 3.63) is 41.7 Å². The van der Waals surface area contributed by atoms with E-state index in [1.165, 1.54) is 12.4 Å². The molecule has 3 aromatic rings. The first-order valence-corrected chi connectivity index (χ1v) is 12.3. The van der Waals surface area contributed by atoms with Crippen molar-refractivity contribution in [1.29, 1.82) is 5.26 Å². The van der Waals surface area contributed by atoms with Crippen LogP contribution >= 0.6 is 0 Å². The van der Waals surface area contributed by atoms with Gasteiger partial charge in [-0.15, -0.1) is 0 Å². The average Bonchev–Trinajstić information content (AvgIpc) is 3.51. The van der Waals surface area contributed by atoms with Crippen LogP contribution in [0.5, 0.6) is 0 Å². The Morgan fingerprint density at radius 1 is 1.19 bits per heavy atom. The molecule has 0 spiro atoms. The molecule has 1 N–H and O–H groups in total. The molecule has 0 bridgehead atoms. The van der Waals surface area contributed by atoms with Crippen molar-refractivity contribution in [3.63, 3.8) is 0 Å². The van der Waals surface area contributed by atoms with Crippen molar-refractivity contribution < 1.29 is 8.42 Å². The van der Waals surface area contributed by atoms with Gasteiger partial charge in [0.2, 0.25) is 10.0 Å². The third-order valence-electron chi connectivity index (χ3n) is 6.53. The second kappa shape index (κ2) is 7.43. The fourth-order valence-electron chi connectivity index (χ4n) is 4.36. The average molecular weight is 436 g/mol. The summed E-state index contributed by atoms with van der Waals surface area (Å²) in [6.45, 7) is 3.93.